The molecule has 0 spiro atoms. The van der Waals surface area contributed by atoms with Crippen molar-refractivity contribution in [1.29, 1.82) is 0 Å². The fraction of sp³-hybridized carbons (Fsp3) is 0.267. The number of fused-ring (bicyclic) bond motifs is 1. The number of aliphatic imine (C=N–C) groups is 1. The summed E-state index contributed by atoms with van der Waals surface area (Å²) in [5, 5.41) is 17.8. The Balaban J connectivity index is 1.35. The summed E-state index contributed by atoms with van der Waals surface area (Å²) in [4.78, 5) is 18.7. The number of nitrogens with one attached hydrogen (secondary N) is 1. The molecule has 0 atom stereocenters. The zero-order valence-electron chi connectivity index (χ0n) is 13.4. The Morgan fingerprint density at radius 3 is 2.96 bits per heavy atom. The van der Waals surface area contributed by atoms with E-state index in [9.17, 15) is 4.79 Å². The van der Waals surface area contributed by atoms with E-state index in [4.69, 9.17) is 0 Å². The molecule has 0 saturated heterocycles. The largest absolute Gasteiger partial charge is 0.325 e. The van der Waals surface area contributed by atoms with Gasteiger partial charge in [0.25, 0.3) is 0 Å². The van der Waals surface area contributed by atoms with E-state index in [0.29, 0.717) is 5.16 Å². The quantitative estimate of drug-likeness (QED) is 0.797. The molecule has 2 aliphatic heterocycles. The second-order valence-electron chi connectivity index (χ2n) is 5.44. The molecule has 1 amide bonds. The van der Waals surface area contributed by atoms with Crippen molar-refractivity contribution in [2.45, 2.75) is 5.16 Å². The van der Waals surface area contributed by atoms with Gasteiger partial charge in [0.05, 0.1) is 18.0 Å². The summed E-state index contributed by atoms with van der Waals surface area (Å²) in [6.45, 7) is 1.79. The minimum Gasteiger partial charge on any atom is -0.325 e. The second-order valence-corrected chi connectivity index (χ2v) is 7.22. The van der Waals surface area contributed by atoms with Crippen LogP contribution in [0.5, 0.6) is 0 Å². The SMILES string of the molecule is Cn1nnnc1SCC(=O)Nc1ccc(C2=CSC3=NCCN23)cc1. The summed E-state index contributed by atoms with van der Waals surface area (Å²) in [5.41, 5.74) is 3.06. The van der Waals surface area contributed by atoms with Gasteiger partial charge in [-0.05, 0) is 28.1 Å². The average Bonchev–Trinajstić information content (AvgIpc) is 3.31. The Kier molecular flexibility index (Phi) is 4.45. The summed E-state index contributed by atoms with van der Waals surface area (Å²) in [5.74, 6) is 0.163. The lowest BCUT2D eigenvalue weighted by molar-refractivity contribution is -0.113. The van der Waals surface area contributed by atoms with Crippen molar-refractivity contribution in [2.75, 3.05) is 24.2 Å². The van der Waals surface area contributed by atoms with E-state index in [1.165, 1.54) is 22.1 Å². The number of carbonyl (C=O) groups excluding carboxylic acids is 1. The molecule has 8 nitrogen and oxygen atoms in total. The van der Waals surface area contributed by atoms with E-state index in [1.807, 2.05) is 24.3 Å². The van der Waals surface area contributed by atoms with Gasteiger partial charge in [-0.15, -0.1) is 5.10 Å². The summed E-state index contributed by atoms with van der Waals surface area (Å²) >= 11 is 2.96. The first-order valence-electron chi connectivity index (χ1n) is 7.65. The number of hydrogen-bond acceptors (Lipinski definition) is 8. The third-order valence-corrected chi connectivity index (χ3v) is 5.66. The lowest BCUT2D eigenvalue weighted by Gasteiger charge is -2.16. The fourth-order valence-electron chi connectivity index (χ4n) is 2.54. The average molecular weight is 373 g/mol. The Labute approximate surface area is 152 Å². The lowest BCUT2D eigenvalue weighted by atomic mass is 10.1. The van der Waals surface area contributed by atoms with Gasteiger partial charge in [-0.2, -0.15) is 0 Å². The van der Waals surface area contributed by atoms with Gasteiger partial charge < -0.3 is 10.2 Å². The number of amidine groups is 1. The van der Waals surface area contributed by atoms with E-state index >= 15 is 0 Å². The van der Waals surface area contributed by atoms with E-state index in [0.717, 1.165) is 29.5 Å². The number of amides is 1. The van der Waals surface area contributed by atoms with Gasteiger partial charge in [-0.25, -0.2) is 4.68 Å². The molecule has 1 N–H and O–H groups in total. The van der Waals surface area contributed by atoms with Crippen molar-refractivity contribution in [3.63, 3.8) is 0 Å². The molecule has 2 aromatic rings. The lowest BCUT2D eigenvalue weighted by Crippen LogP contribution is -2.19. The van der Waals surface area contributed by atoms with Crippen molar-refractivity contribution >= 4 is 46.0 Å². The summed E-state index contributed by atoms with van der Waals surface area (Å²) in [6.07, 6.45) is 0. The number of nitrogens with zero attached hydrogens (tertiary/aromatic N) is 6. The van der Waals surface area contributed by atoms with Gasteiger partial charge in [0, 0.05) is 24.7 Å². The number of aromatic nitrogens is 4. The maximum atomic E-state index is 12.1. The Hall–Kier alpha value is -2.33. The Morgan fingerprint density at radius 1 is 1.36 bits per heavy atom. The summed E-state index contributed by atoms with van der Waals surface area (Å²) in [7, 11) is 1.74. The standard InChI is InChI=1S/C15H15N7OS2/c1-21-15(18-19-20-21)25-9-13(23)17-11-4-2-10(3-5-11)12-8-24-14-16-6-7-22(12)14/h2-5,8H,6-7,9H2,1H3,(H,17,23). The minimum absolute atomic E-state index is 0.0923. The molecule has 2 aliphatic rings. The second kappa shape index (κ2) is 6.89. The number of tetrazole rings is 1. The summed E-state index contributed by atoms with van der Waals surface area (Å²) in [6, 6.07) is 7.86. The van der Waals surface area contributed by atoms with Crippen LogP contribution in [-0.2, 0) is 11.8 Å². The maximum absolute atomic E-state index is 12.1. The number of benzene rings is 1. The van der Waals surface area contributed by atoms with Crippen LogP contribution >= 0.6 is 23.5 Å². The van der Waals surface area contributed by atoms with E-state index in [1.54, 1.807) is 18.8 Å². The number of aryl methyl sites for hydroxylation is 1. The molecule has 0 unspecified atom stereocenters. The molecular formula is C15H15N7OS2. The number of anilines is 1. The highest BCUT2D eigenvalue weighted by Gasteiger charge is 2.26. The number of carbonyl (C=O) groups is 1. The molecule has 1 aromatic carbocycles. The Morgan fingerprint density at radius 2 is 2.20 bits per heavy atom. The molecule has 0 fully saturated rings. The molecule has 3 heterocycles. The first-order valence-corrected chi connectivity index (χ1v) is 9.51. The molecule has 10 heteroatoms. The topological polar surface area (TPSA) is 88.3 Å². The summed E-state index contributed by atoms with van der Waals surface area (Å²) < 4.78 is 1.54. The predicted molar refractivity (Wildman–Crippen MR) is 99.2 cm³/mol. The van der Waals surface area contributed by atoms with Crippen LogP contribution in [0, 0.1) is 0 Å². The molecular weight excluding hydrogens is 358 g/mol. The minimum atomic E-state index is -0.0923. The highest BCUT2D eigenvalue weighted by Crippen LogP contribution is 2.35. The van der Waals surface area contributed by atoms with Gasteiger partial charge in [-0.3, -0.25) is 9.79 Å². The smallest absolute Gasteiger partial charge is 0.234 e. The number of rotatable bonds is 5. The number of thioether (sulfide) groups is 2. The van der Waals surface area contributed by atoms with E-state index in [-0.39, 0.29) is 11.7 Å². The van der Waals surface area contributed by atoms with Gasteiger partial charge in [-0.1, -0.05) is 35.7 Å². The monoisotopic (exact) mass is 373 g/mol. The molecule has 128 valence electrons. The first kappa shape index (κ1) is 16.2. The van der Waals surface area contributed by atoms with Crippen LogP contribution in [0.25, 0.3) is 5.70 Å². The van der Waals surface area contributed by atoms with Crippen molar-refractivity contribution in [3.8, 4) is 0 Å². The van der Waals surface area contributed by atoms with Gasteiger partial charge in [0.15, 0.2) is 5.17 Å². The fourth-order valence-corrected chi connectivity index (χ4v) is 4.16. The van der Waals surface area contributed by atoms with Crippen LogP contribution in [0.1, 0.15) is 5.56 Å². The van der Waals surface area contributed by atoms with Crippen molar-refractivity contribution in [3.05, 3.63) is 35.2 Å². The first-order chi connectivity index (χ1) is 12.2. The van der Waals surface area contributed by atoms with Crippen molar-refractivity contribution in [2.24, 2.45) is 12.0 Å². The van der Waals surface area contributed by atoms with Crippen LogP contribution in [-0.4, -0.2) is 55.0 Å². The molecule has 0 aliphatic carbocycles. The maximum Gasteiger partial charge on any atom is 0.234 e. The molecule has 4 rings (SSSR count). The van der Waals surface area contributed by atoms with Crippen molar-refractivity contribution in [1.82, 2.24) is 25.1 Å². The molecule has 0 bridgehead atoms. The van der Waals surface area contributed by atoms with Crippen molar-refractivity contribution < 1.29 is 4.79 Å². The van der Waals surface area contributed by atoms with Crippen LogP contribution in [0.4, 0.5) is 5.69 Å². The van der Waals surface area contributed by atoms with Crippen LogP contribution in [0.2, 0.25) is 0 Å². The van der Waals surface area contributed by atoms with Gasteiger partial charge >= 0.3 is 0 Å². The van der Waals surface area contributed by atoms with Crippen LogP contribution < -0.4 is 5.32 Å². The molecule has 0 radical (unpaired) electrons. The Bertz CT molecular complexity index is 859. The zero-order chi connectivity index (χ0) is 17.2. The number of hydrogen-bond donors (Lipinski definition) is 1. The third-order valence-electron chi connectivity index (χ3n) is 3.75. The van der Waals surface area contributed by atoms with Gasteiger partial charge in [0.2, 0.25) is 11.1 Å². The van der Waals surface area contributed by atoms with Crippen LogP contribution in [0.15, 0.2) is 39.8 Å². The molecule has 1 aromatic heterocycles. The predicted octanol–water partition coefficient (Wildman–Crippen LogP) is 1.66. The highest BCUT2D eigenvalue weighted by molar-refractivity contribution is 8.16. The van der Waals surface area contributed by atoms with Crippen LogP contribution in [0.3, 0.4) is 0 Å². The zero-order valence-corrected chi connectivity index (χ0v) is 15.0. The van der Waals surface area contributed by atoms with E-state index < -0.39 is 0 Å². The third kappa shape index (κ3) is 3.40. The molecule has 0 saturated carbocycles. The van der Waals surface area contributed by atoms with Gasteiger partial charge in [0.1, 0.15) is 0 Å². The highest BCUT2D eigenvalue weighted by atomic mass is 32.2. The van der Waals surface area contributed by atoms with E-state index in [2.05, 4.69) is 36.1 Å². The molecule has 25 heavy (non-hydrogen) atoms. The normalized spacial score (nSPS) is 15.8.